The lowest BCUT2D eigenvalue weighted by Gasteiger charge is -2.37. The molecule has 4 rings (SSSR count). The molecule has 0 atom stereocenters. The van der Waals surface area contributed by atoms with E-state index in [-0.39, 0.29) is 11.9 Å². The maximum absolute atomic E-state index is 13.5. The molecule has 1 aliphatic rings. The fourth-order valence-corrected chi connectivity index (χ4v) is 4.28. The van der Waals surface area contributed by atoms with Gasteiger partial charge in [0.25, 0.3) is 5.91 Å². The average Bonchev–Trinajstić information content (AvgIpc) is 2.83. The normalized spacial score (nSPS) is 13.6. The number of nitrogens with zero attached hydrogens (tertiary/aromatic N) is 4. The van der Waals surface area contributed by atoms with E-state index in [4.69, 9.17) is 23.2 Å². The van der Waals surface area contributed by atoms with Crippen LogP contribution in [0.25, 0.3) is 0 Å². The molecular formula is C25H24Cl2N4O2. The van der Waals surface area contributed by atoms with Crippen molar-refractivity contribution in [2.75, 3.05) is 26.2 Å². The predicted octanol–water partition coefficient (Wildman–Crippen LogP) is 4.97. The first-order valence-electron chi connectivity index (χ1n) is 10.7. The Morgan fingerprint density at radius 2 is 1.36 bits per heavy atom. The summed E-state index contributed by atoms with van der Waals surface area (Å²) in [5.41, 5.74) is 2.31. The van der Waals surface area contributed by atoms with Gasteiger partial charge in [-0.1, -0.05) is 53.5 Å². The van der Waals surface area contributed by atoms with Gasteiger partial charge in [-0.15, -0.1) is 0 Å². The van der Waals surface area contributed by atoms with Crippen molar-refractivity contribution in [3.8, 4) is 0 Å². The van der Waals surface area contributed by atoms with Gasteiger partial charge in [-0.25, -0.2) is 4.79 Å². The summed E-state index contributed by atoms with van der Waals surface area (Å²) in [4.78, 5) is 35.6. The molecule has 6 nitrogen and oxygen atoms in total. The third kappa shape index (κ3) is 6.03. The number of piperazine rings is 1. The van der Waals surface area contributed by atoms with Crippen molar-refractivity contribution >= 4 is 35.1 Å². The molecule has 0 spiro atoms. The Balaban J connectivity index is 1.46. The first-order chi connectivity index (χ1) is 16.0. The number of aromatic nitrogens is 1. The summed E-state index contributed by atoms with van der Waals surface area (Å²) in [6.07, 6.45) is 1.61. The summed E-state index contributed by atoms with van der Waals surface area (Å²) < 4.78 is 0. The van der Waals surface area contributed by atoms with Crippen molar-refractivity contribution in [2.24, 2.45) is 0 Å². The zero-order valence-electron chi connectivity index (χ0n) is 18.0. The Hall–Kier alpha value is -3.09. The highest BCUT2D eigenvalue weighted by Gasteiger charge is 2.28. The Labute approximate surface area is 203 Å². The van der Waals surface area contributed by atoms with Gasteiger partial charge in [0.05, 0.1) is 0 Å². The van der Waals surface area contributed by atoms with Crippen LogP contribution in [0.4, 0.5) is 4.79 Å². The molecule has 1 aromatic heterocycles. The number of halogens is 2. The minimum Gasteiger partial charge on any atom is -0.334 e. The fraction of sp³-hybridized carbons (Fsp3) is 0.240. The molecule has 3 aromatic rings. The lowest BCUT2D eigenvalue weighted by molar-refractivity contribution is 0.0629. The average molecular weight is 483 g/mol. The zero-order valence-corrected chi connectivity index (χ0v) is 19.5. The number of pyridine rings is 1. The van der Waals surface area contributed by atoms with Crippen LogP contribution in [0.1, 0.15) is 21.6 Å². The van der Waals surface area contributed by atoms with Crippen LogP contribution >= 0.6 is 23.2 Å². The monoisotopic (exact) mass is 482 g/mol. The minimum atomic E-state index is -0.114. The predicted molar refractivity (Wildman–Crippen MR) is 129 cm³/mol. The fourth-order valence-electron chi connectivity index (χ4n) is 3.85. The molecule has 0 saturated carbocycles. The standard InChI is InChI=1S/C25H24Cl2N4O2/c26-21-7-3-5-19(15-21)17-31(18-20-6-4-8-22(27)16-20)25(33)30-13-11-29(12-14-30)24(32)23-9-1-2-10-28-23/h1-10,15-16H,11-14,17-18H2. The quantitative estimate of drug-likeness (QED) is 0.515. The second kappa shape index (κ2) is 10.7. The van der Waals surface area contributed by atoms with Gasteiger partial charge < -0.3 is 14.7 Å². The summed E-state index contributed by atoms with van der Waals surface area (Å²) in [5.74, 6) is -0.114. The molecule has 170 valence electrons. The SMILES string of the molecule is O=C(c1ccccn1)N1CCN(C(=O)N(Cc2cccc(Cl)c2)Cc2cccc(Cl)c2)CC1. The summed E-state index contributed by atoms with van der Waals surface area (Å²) >= 11 is 12.3. The van der Waals surface area contributed by atoms with E-state index < -0.39 is 0 Å². The molecule has 0 unspecified atom stereocenters. The largest absolute Gasteiger partial charge is 0.334 e. The Bertz CT molecular complexity index is 1070. The van der Waals surface area contributed by atoms with Gasteiger partial charge in [0.15, 0.2) is 0 Å². The second-order valence-electron chi connectivity index (χ2n) is 7.89. The molecule has 3 amide bonds. The van der Waals surface area contributed by atoms with E-state index in [1.807, 2.05) is 48.5 Å². The van der Waals surface area contributed by atoms with Gasteiger partial charge in [-0.3, -0.25) is 9.78 Å². The van der Waals surface area contributed by atoms with Gasteiger partial charge >= 0.3 is 6.03 Å². The van der Waals surface area contributed by atoms with Gasteiger partial charge in [0, 0.05) is 55.5 Å². The highest BCUT2D eigenvalue weighted by molar-refractivity contribution is 6.30. The van der Waals surface area contributed by atoms with Crippen LogP contribution in [-0.4, -0.2) is 57.8 Å². The maximum Gasteiger partial charge on any atom is 0.320 e. The second-order valence-corrected chi connectivity index (χ2v) is 8.77. The number of rotatable bonds is 5. The molecule has 2 aromatic carbocycles. The summed E-state index contributed by atoms with van der Waals surface area (Å²) in [5, 5.41) is 1.26. The number of amides is 3. The molecule has 0 radical (unpaired) electrons. The van der Waals surface area contributed by atoms with Gasteiger partial charge in [0.2, 0.25) is 0 Å². The zero-order chi connectivity index (χ0) is 23.2. The van der Waals surface area contributed by atoms with E-state index >= 15 is 0 Å². The van der Waals surface area contributed by atoms with Crippen LogP contribution in [0.3, 0.4) is 0 Å². The number of carbonyl (C=O) groups is 2. The Morgan fingerprint density at radius 3 is 1.88 bits per heavy atom. The molecule has 33 heavy (non-hydrogen) atoms. The summed E-state index contributed by atoms with van der Waals surface area (Å²) in [6, 6.07) is 20.2. The highest BCUT2D eigenvalue weighted by atomic mass is 35.5. The summed E-state index contributed by atoms with van der Waals surface area (Å²) in [7, 11) is 0. The topological polar surface area (TPSA) is 56.8 Å². The van der Waals surface area contributed by atoms with Crippen molar-refractivity contribution in [3.05, 3.63) is 99.8 Å². The Kier molecular flexibility index (Phi) is 7.47. The number of hydrogen-bond acceptors (Lipinski definition) is 3. The number of hydrogen-bond donors (Lipinski definition) is 0. The molecule has 0 bridgehead atoms. The number of benzene rings is 2. The van der Waals surface area contributed by atoms with Gasteiger partial charge in [-0.2, -0.15) is 0 Å². The van der Waals surface area contributed by atoms with Crippen LogP contribution in [0, 0.1) is 0 Å². The van der Waals surface area contributed by atoms with Crippen LogP contribution in [0.2, 0.25) is 10.0 Å². The van der Waals surface area contributed by atoms with E-state index in [9.17, 15) is 9.59 Å². The van der Waals surface area contributed by atoms with Crippen LogP contribution in [0.5, 0.6) is 0 Å². The van der Waals surface area contributed by atoms with E-state index in [1.165, 1.54) is 0 Å². The van der Waals surface area contributed by atoms with E-state index in [0.717, 1.165) is 11.1 Å². The van der Waals surface area contributed by atoms with Crippen LogP contribution in [-0.2, 0) is 13.1 Å². The van der Waals surface area contributed by atoms with E-state index in [0.29, 0.717) is 55.0 Å². The van der Waals surface area contributed by atoms with Crippen molar-refractivity contribution in [1.29, 1.82) is 0 Å². The molecular weight excluding hydrogens is 459 g/mol. The minimum absolute atomic E-state index is 0.0834. The van der Waals surface area contributed by atoms with Crippen molar-refractivity contribution < 1.29 is 9.59 Å². The van der Waals surface area contributed by atoms with Gasteiger partial charge in [-0.05, 0) is 47.5 Å². The van der Waals surface area contributed by atoms with Crippen LogP contribution in [0.15, 0.2) is 72.9 Å². The Morgan fingerprint density at radius 1 is 0.788 bits per heavy atom. The molecule has 2 heterocycles. The third-order valence-corrected chi connectivity index (χ3v) is 5.99. The maximum atomic E-state index is 13.5. The first-order valence-corrected chi connectivity index (χ1v) is 11.5. The molecule has 0 N–H and O–H groups in total. The van der Waals surface area contributed by atoms with Crippen molar-refractivity contribution in [2.45, 2.75) is 13.1 Å². The highest BCUT2D eigenvalue weighted by Crippen LogP contribution is 2.19. The number of carbonyl (C=O) groups excluding carboxylic acids is 2. The van der Waals surface area contributed by atoms with Crippen LogP contribution < -0.4 is 0 Å². The smallest absolute Gasteiger partial charge is 0.320 e. The molecule has 1 saturated heterocycles. The van der Waals surface area contributed by atoms with Crippen molar-refractivity contribution in [3.63, 3.8) is 0 Å². The summed E-state index contributed by atoms with van der Waals surface area (Å²) in [6.45, 7) is 2.67. The third-order valence-electron chi connectivity index (χ3n) is 5.52. The van der Waals surface area contributed by atoms with Gasteiger partial charge in [0.1, 0.15) is 5.69 Å². The lowest BCUT2D eigenvalue weighted by Crippen LogP contribution is -2.53. The lowest BCUT2D eigenvalue weighted by atomic mass is 10.1. The van der Waals surface area contributed by atoms with Crippen molar-refractivity contribution in [1.82, 2.24) is 19.7 Å². The molecule has 0 aliphatic carbocycles. The number of urea groups is 1. The molecule has 1 fully saturated rings. The first kappa shape index (κ1) is 23.1. The molecule has 8 heteroatoms. The molecule has 1 aliphatic heterocycles. The van der Waals surface area contributed by atoms with E-state index in [2.05, 4.69) is 4.98 Å². The van der Waals surface area contributed by atoms with E-state index in [1.54, 1.807) is 39.1 Å².